The van der Waals surface area contributed by atoms with Gasteiger partial charge < -0.3 is 5.32 Å². The molecule has 1 amide bonds. The lowest BCUT2D eigenvalue weighted by molar-refractivity contribution is -0.121. The van der Waals surface area contributed by atoms with E-state index < -0.39 is 10.0 Å². The van der Waals surface area contributed by atoms with Crippen LogP contribution < -0.4 is 5.32 Å². The minimum atomic E-state index is -3.34. The van der Waals surface area contributed by atoms with E-state index in [0.717, 1.165) is 32.1 Å². The molecule has 24 heavy (non-hydrogen) atoms. The van der Waals surface area contributed by atoms with Crippen LogP contribution in [0.25, 0.3) is 0 Å². The van der Waals surface area contributed by atoms with E-state index in [1.807, 2.05) is 0 Å². The molecule has 1 aliphatic rings. The number of rotatable bonds is 7. The van der Waals surface area contributed by atoms with E-state index in [-0.39, 0.29) is 37.3 Å². The Balaban J connectivity index is 1.87. The number of carbonyl (C=O) groups is 1. The topological polar surface area (TPSA) is 66.5 Å². The standard InChI is InChI=1S/C17H25FN2O3S/c1-24(22,23)20(15-8-3-2-4-9-15)12-11-17(21)19-13-14-7-5-6-10-16(14)18/h5-7,10,15H,2-4,8-9,11-13H2,1H3,(H,19,21). The van der Waals surface area contributed by atoms with Crippen LogP contribution in [0.4, 0.5) is 4.39 Å². The molecule has 7 heteroatoms. The summed E-state index contributed by atoms with van der Waals surface area (Å²) < 4.78 is 39.0. The van der Waals surface area contributed by atoms with E-state index in [0.29, 0.717) is 5.56 Å². The molecular weight excluding hydrogens is 331 g/mol. The van der Waals surface area contributed by atoms with Gasteiger partial charge in [-0.2, -0.15) is 4.31 Å². The van der Waals surface area contributed by atoms with Gasteiger partial charge in [0.25, 0.3) is 0 Å². The van der Waals surface area contributed by atoms with Crippen LogP contribution in [0, 0.1) is 5.82 Å². The van der Waals surface area contributed by atoms with Crippen molar-refractivity contribution in [3.8, 4) is 0 Å². The van der Waals surface area contributed by atoms with Crippen molar-refractivity contribution in [2.45, 2.75) is 51.1 Å². The molecule has 0 heterocycles. The van der Waals surface area contributed by atoms with E-state index in [1.165, 1.54) is 16.6 Å². The molecule has 1 saturated carbocycles. The first kappa shape index (κ1) is 18.9. The molecule has 0 aromatic heterocycles. The van der Waals surface area contributed by atoms with Gasteiger partial charge in [-0.25, -0.2) is 12.8 Å². The SMILES string of the molecule is CS(=O)(=O)N(CCC(=O)NCc1ccccc1F)C1CCCCC1. The van der Waals surface area contributed by atoms with Gasteiger partial charge in [-0.3, -0.25) is 4.79 Å². The maximum absolute atomic E-state index is 13.5. The fourth-order valence-corrected chi connectivity index (χ4v) is 4.30. The van der Waals surface area contributed by atoms with Crippen molar-refractivity contribution in [1.29, 1.82) is 0 Å². The second-order valence-electron chi connectivity index (χ2n) is 6.28. The lowest BCUT2D eigenvalue weighted by atomic mass is 9.95. The third kappa shape index (κ3) is 5.56. The van der Waals surface area contributed by atoms with Crippen molar-refractivity contribution < 1.29 is 17.6 Å². The van der Waals surface area contributed by atoms with Crippen LogP contribution in [0.3, 0.4) is 0 Å². The molecule has 0 radical (unpaired) electrons. The van der Waals surface area contributed by atoms with Gasteiger partial charge in [-0.05, 0) is 18.9 Å². The molecule has 1 aromatic carbocycles. The lowest BCUT2D eigenvalue weighted by Gasteiger charge is -2.32. The number of nitrogens with one attached hydrogen (secondary N) is 1. The average molecular weight is 356 g/mol. The molecule has 0 spiro atoms. The molecule has 1 fully saturated rings. The van der Waals surface area contributed by atoms with Crippen LogP contribution in [0.1, 0.15) is 44.1 Å². The maximum atomic E-state index is 13.5. The Morgan fingerprint density at radius 2 is 1.92 bits per heavy atom. The van der Waals surface area contributed by atoms with Crippen molar-refractivity contribution in [2.24, 2.45) is 0 Å². The van der Waals surface area contributed by atoms with E-state index in [1.54, 1.807) is 18.2 Å². The molecule has 0 atom stereocenters. The zero-order chi connectivity index (χ0) is 17.6. The average Bonchev–Trinajstić information content (AvgIpc) is 2.54. The second-order valence-corrected chi connectivity index (χ2v) is 8.22. The monoisotopic (exact) mass is 356 g/mol. The molecule has 1 aromatic rings. The Morgan fingerprint density at radius 3 is 2.54 bits per heavy atom. The number of hydrogen-bond acceptors (Lipinski definition) is 3. The molecule has 0 aliphatic heterocycles. The molecule has 5 nitrogen and oxygen atoms in total. The van der Waals surface area contributed by atoms with Crippen molar-refractivity contribution in [1.82, 2.24) is 9.62 Å². The van der Waals surface area contributed by atoms with Crippen LogP contribution in [-0.4, -0.2) is 37.5 Å². The third-order valence-electron chi connectivity index (χ3n) is 4.40. The minimum Gasteiger partial charge on any atom is -0.352 e. The fourth-order valence-electron chi connectivity index (χ4n) is 3.12. The van der Waals surface area contributed by atoms with Crippen molar-refractivity contribution >= 4 is 15.9 Å². The zero-order valence-corrected chi connectivity index (χ0v) is 14.8. The number of benzene rings is 1. The second kappa shape index (κ2) is 8.58. The molecular formula is C17H25FN2O3S. The maximum Gasteiger partial charge on any atom is 0.221 e. The molecule has 1 aliphatic carbocycles. The quantitative estimate of drug-likeness (QED) is 0.816. The molecule has 0 unspecified atom stereocenters. The summed E-state index contributed by atoms with van der Waals surface area (Å²) in [6, 6.07) is 6.25. The highest BCUT2D eigenvalue weighted by Gasteiger charge is 2.28. The number of sulfonamides is 1. The molecule has 134 valence electrons. The first-order valence-corrected chi connectivity index (χ1v) is 10.2. The van der Waals surface area contributed by atoms with Crippen molar-refractivity contribution in [3.63, 3.8) is 0 Å². The minimum absolute atomic E-state index is 0.00637. The highest BCUT2D eigenvalue weighted by atomic mass is 32.2. The van der Waals surface area contributed by atoms with E-state index in [4.69, 9.17) is 0 Å². The summed E-state index contributed by atoms with van der Waals surface area (Å²) in [6.45, 7) is 0.278. The predicted molar refractivity (Wildman–Crippen MR) is 91.3 cm³/mol. The fraction of sp³-hybridized carbons (Fsp3) is 0.588. The van der Waals surface area contributed by atoms with E-state index >= 15 is 0 Å². The van der Waals surface area contributed by atoms with Gasteiger partial charge in [0.15, 0.2) is 0 Å². The smallest absolute Gasteiger partial charge is 0.221 e. The molecule has 2 rings (SSSR count). The molecule has 0 saturated heterocycles. The summed E-state index contributed by atoms with van der Waals surface area (Å²) in [7, 11) is -3.34. The van der Waals surface area contributed by atoms with E-state index in [2.05, 4.69) is 5.32 Å². The van der Waals surface area contributed by atoms with Gasteiger partial charge in [0, 0.05) is 31.1 Å². The summed E-state index contributed by atoms with van der Waals surface area (Å²) in [5.41, 5.74) is 0.415. The van der Waals surface area contributed by atoms with Gasteiger partial charge in [-0.15, -0.1) is 0 Å². The van der Waals surface area contributed by atoms with Gasteiger partial charge in [0.1, 0.15) is 5.82 Å². The summed E-state index contributed by atoms with van der Waals surface area (Å²) >= 11 is 0. The Morgan fingerprint density at radius 1 is 1.25 bits per heavy atom. The predicted octanol–water partition coefficient (Wildman–Crippen LogP) is 2.43. The summed E-state index contributed by atoms with van der Waals surface area (Å²) in [6.07, 6.45) is 6.16. The summed E-state index contributed by atoms with van der Waals surface area (Å²) in [5.74, 6) is -0.638. The highest BCUT2D eigenvalue weighted by Crippen LogP contribution is 2.24. The number of amides is 1. The van der Waals surface area contributed by atoms with Crippen LogP contribution in [0.5, 0.6) is 0 Å². The van der Waals surface area contributed by atoms with Crippen molar-refractivity contribution in [3.05, 3.63) is 35.6 Å². The zero-order valence-electron chi connectivity index (χ0n) is 14.0. The molecule has 1 N–H and O–H groups in total. The third-order valence-corrected chi connectivity index (χ3v) is 5.73. The van der Waals surface area contributed by atoms with Crippen LogP contribution in [-0.2, 0) is 21.4 Å². The number of nitrogens with zero attached hydrogens (tertiary/aromatic N) is 1. The first-order chi connectivity index (χ1) is 11.4. The highest BCUT2D eigenvalue weighted by molar-refractivity contribution is 7.88. The normalized spacial score (nSPS) is 16.3. The van der Waals surface area contributed by atoms with Crippen molar-refractivity contribution in [2.75, 3.05) is 12.8 Å². The van der Waals surface area contributed by atoms with Gasteiger partial charge >= 0.3 is 0 Å². The largest absolute Gasteiger partial charge is 0.352 e. The summed E-state index contributed by atoms with van der Waals surface area (Å²) in [4.78, 5) is 12.0. The number of hydrogen-bond donors (Lipinski definition) is 1. The van der Waals surface area contributed by atoms with Crippen LogP contribution >= 0.6 is 0 Å². The van der Waals surface area contributed by atoms with Gasteiger partial charge in [-0.1, -0.05) is 37.5 Å². The van der Waals surface area contributed by atoms with Crippen LogP contribution in [0.15, 0.2) is 24.3 Å². The first-order valence-electron chi connectivity index (χ1n) is 8.35. The van der Waals surface area contributed by atoms with Gasteiger partial charge in [0.2, 0.25) is 15.9 Å². The van der Waals surface area contributed by atoms with Gasteiger partial charge in [0.05, 0.1) is 6.26 Å². The van der Waals surface area contributed by atoms with E-state index in [9.17, 15) is 17.6 Å². The Labute approximate surface area is 143 Å². The number of carbonyl (C=O) groups excluding carboxylic acids is 1. The van der Waals surface area contributed by atoms with Crippen LogP contribution in [0.2, 0.25) is 0 Å². The Bertz CT molecular complexity index is 658. The summed E-state index contributed by atoms with van der Waals surface area (Å²) in [5, 5.41) is 2.65. The molecule has 0 bridgehead atoms. The number of halogens is 1. The lowest BCUT2D eigenvalue weighted by Crippen LogP contribution is -2.42. The Hall–Kier alpha value is -1.47. The Kier molecular flexibility index (Phi) is 6.74.